The van der Waals surface area contributed by atoms with Crippen molar-refractivity contribution in [2.75, 3.05) is 12.4 Å². The summed E-state index contributed by atoms with van der Waals surface area (Å²) >= 11 is 5.92. The van der Waals surface area contributed by atoms with Crippen LogP contribution in [-0.2, 0) is 11.4 Å². The van der Waals surface area contributed by atoms with Gasteiger partial charge in [-0.25, -0.2) is 0 Å². The van der Waals surface area contributed by atoms with Crippen LogP contribution in [-0.4, -0.2) is 13.0 Å². The Labute approximate surface area is 180 Å². The van der Waals surface area contributed by atoms with E-state index in [-0.39, 0.29) is 5.57 Å². The van der Waals surface area contributed by atoms with E-state index in [9.17, 15) is 10.1 Å². The van der Waals surface area contributed by atoms with E-state index in [1.807, 2.05) is 30.3 Å². The summed E-state index contributed by atoms with van der Waals surface area (Å²) in [6.45, 7) is 0.421. The van der Waals surface area contributed by atoms with Gasteiger partial charge in [0.25, 0.3) is 5.91 Å². The minimum atomic E-state index is -0.500. The lowest BCUT2D eigenvalue weighted by Crippen LogP contribution is -2.13. The normalized spacial score (nSPS) is 10.8. The SMILES string of the molecule is COc1ccc(COc2ccc(/C=C(\C#N)C(=O)Nc3cccc(Cl)c3)cc2)cc1. The third-order valence-corrected chi connectivity index (χ3v) is 4.44. The minimum absolute atomic E-state index is 0.0122. The van der Waals surface area contributed by atoms with E-state index >= 15 is 0 Å². The number of carbonyl (C=O) groups excluding carboxylic acids is 1. The molecule has 3 rings (SSSR count). The summed E-state index contributed by atoms with van der Waals surface area (Å²) in [5, 5.41) is 12.5. The number of amides is 1. The highest BCUT2D eigenvalue weighted by molar-refractivity contribution is 6.31. The van der Waals surface area contributed by atoms with Crippen LogP contribution >= 0.6 is 11.6 Å². The fraction of sp³-hybridized carbons (Fsp3) is 0.0833. The molecule has 30 heavy (non-hydrogen) atoms. The van der Waals surface area contributed by atoms with Crippen molar-refractivity contribution in [2.45, 2.75) is 6.61 Å². The second-order valence-electron chi connectivity index (χ2n) is 6.34. The maximum atomic E-state index is 12.4. The molecule has 0 aliphatic heterocycles. The number of benzene rings is 3. The molecule has 0 saturated heterocycles. The Bertz CT molecular complexity index is 1080. The van der Waals surface area contributed by atoms with Gasteiger partial charge in [0.1, 0.15) is 29.7 Å². The molecule has 5 nitrogen and oxygen atoms in total. The molecule has 3 aromatic carbocycles. The van der Waals surface area contributed by atoms with Crippen LogP contribution in [0.4, 0.5) is 5.69 Å². The van der Waals surface area contributed by atoms with Gasteiger partial charge in [0, 0.05) is 10.7 Å². The molecule has 0 atom stereocenters. The fourth-order valence-corrected chi connectivity index (χ4v) is 2.82. The highest BCUT2D eigenvalue weighted by Gasteiger charge is 2.10. The molecule has 0 unspecified atom stereocenters. The van der Waals surface area contributed by atoms with Crippen LogP contribution in [0.5, 0.6) is 11.5 Å². The standard InChI is InChI=1S/C24H19ClN2O3/c1-29-22-9-7-18(8-10-22)16-30-23-11-5-17(6-12-23)13-19(15-26)24(28)27-21-4-2-3-20(25)14-21/h2-14H,16H2,1H3,(H,27,28)/b19-13+. The summed E-state index contributed by atoms with van der Waals surface area (Å²) in [5.41, 5.74) is 2.24. The molecule has 0 spiro atoms. The Morgan fingerprint density at radius 3 is 2.40 bits per heavy atom. The lowest BCUT2D eigenvalue weighted by molar-refractivity contribution is -0.112. The van der Waals surface area contributed by atoms with Gasteiger partial charge in [-0.2, -0.15) is 5.26 Å². The van der Waals surface area contributed by atoms with E-state index in [2.05, 4.69) is 5.32 Å². The van der Waals surface area contributed by atoms with Crippen LogP contribution in [0.25, 0.3) is 6.08 Å². The van der Waals surface area contributed by atoms with E-state index < -0.39 is 5.91 Å². The Morgan fingerprint density at radius 2 is 1.77 bits per heavy atom. The van der Waals surface area contributed by atoms with Gasteiger partial charge >= 0.3 is 0 Å². The van der Waals surface area contributed by atoms with Crippen LogP contribution in [0.3, 0.4) is 0 Å². The van der Waals surface area contributed by atoms with Gasteiger partial charge in [0.2, 0.25) is 0 Å². The highest BCUT2D eigenvalue weighted by atomic mass is 35.5. The van der Waals surface area contributed by atoms with E-state index in [1.165, 1.54) is 6.08 Å². The number of nitrogens with zero attached hydrogens (tertiary/aromatic N) is 1. The second kappa shape index (κ2) is 10.1. The lowest BCUT2D eigenvalue weighted by Gasteiger charge is -2.08. The monoisotopic (exact) mass is 418 g/mol. The largest absolute Gasteiger partial charge is 0.497 e. The van der Waals surface area contributed by atoms with Gasteiger partial charge in [0.15, 0.2) is 0 Å². The Morgan fingerprint density at radius 1 is 1.07 bits per heavy atom. The second-order valence-corrected chi connectivity index (χ2v) is 6.78. The molecule has 150 valence electrons. The van der Waals surface area contributed by atoms with Crippen LogP contribution < -0.4 is 14.8 Å². The number of anilines is 1. The summed E-state index contributed by atoms with van der Waals surface area (Å²) < 4.78 is 10.9. The highest BCUT2D eigenvalue weighted by Crippen LogP contribution is 2.19. The zero-order chi connectivity index (χ0) is 21.3. The van der Waals surface area contributed by atoms with Gasteiger partial charge in [0.05, 0.1) is 7.11 Å². The van der Waals surface area contributed by atoms with E-state index in [0.29, 0.717) is 28.6 Å². The van der Waals surface area contributed by atoms with Gasteiger partial charge < -0.3 is 14.8 Å². The number of hydrogen-bond acceptors (Lipinski definition) is 4. The number of carbonyl (C=O) groups is 1. The molecule has 1 N–H and O–H groups in total. The molecular formula is C24H19ClN2O3. The number of methoxy groups -OCH3 is 1. The number of hydrogen-bond donors (Lipinski definition) is 1. The molecule has 0 heterocycles. The first-order valence-electron chi connectivity index (χ1n) is 9.12. The smallest absolute Gasteiger partial charge is 0.266 e. The summed E-state index contributed by atoms with van der Waals surface area (Å²) in [4.78, 5) is 12.4. The number of nitriles is 1. The molecule has 0 radical (unpaired) electrons. The molecule has 0 aliphatic rings. The number of nitrogens with one attached hydrogen (secondary N) is 1. The van der Waals surface area contributed by atoms with Crippen molar-refractivity contribution in [1.29, 1.82) is 5.26 Å². The summed E-state index contributed by atoms with van der Waals surface area (Å²) in [7, 11) is 1.63. The maximum absolute atomic E-state index is 12.4. The Hall–Kier alpha value is -3.75. The average molecular weight is 419 g/mol. The predicted molar refractivity (Wildman–Crippen MR) is 117 cm³/mol. The van der Waals surface area contributed by atoms with Crippen molar-refractivity contribution < 1.29 is 14.3 Å². The third-order valence-electron chi connectivity index (χ3n) is 4.20. The molecule has 0 aromatic heterocycles. The molecule has 0 aliphatic carbocycles. The quantitative estimate of drug-likeness (QED) is 0.407. The lowest BCUT2D eigenvalue weighted by atomic mass is 10.1. The molecule has 3 aromatic rings. The molecule has 0 bridgehead atoms. The van der Waals surface area contributed by atoms with Crippen LogP contribution in [0.1, 0.15) is 11.1 Å². The summed E-state index contributed by atoms with van der Waals surface area (Å²) in [5.74, 6) is 0.979. The first kappa shape index (κ1) is 21.0. The van der Waals surface area contributed by atoms with Crippen molar-refractivity contribution in [2.24, 2.45) is 0 Å². The maximum Gasteiger partial charge on any atom is 0.266 e. The number of ether oxygens (including phenoxy) is 2. The molecule has 0 fully saturated rings. The van der Waals surface area contributed by atoms with Gasteiger partial charge in [-0.1, -0.05) is 41.9 Å². The zero-order valence-corrected chi connectivity index (χ0v) is 17.0. The molecule has 0 saturated carbocycles. The van der Waals surface area contributed by atoms with Crippen LogP contribution in [0.2, 0.25) is 5.02 Å². The average Bonchev–Trinajstić information content (AvgIpc) is 2.77. The first-order valence-corrected chi connectivity index (χ1v) is 9.49. The van der Waals surface area contributed by atoms with E-state index in [4.69, 9.17) is 21.1 Å². The Kier molecular flexibility index (Phi) is 7.09. The minimum Gasteiger partial charge on any atom is -0.497 e. The van der Waals surface area contributed by atoms with Crippen LogP contribution in [0, 0.1) is 11.3 Å². The van der Waals surface area contributed by atoms with Crippen molar-refractivity contribution in [3.05, 3.63) is 94.5 Å². The van der Waals surface area contributed by atoms with Crippen molar-refractivity contribution in [3.8, 4) is 17.6 Å². The number of rotatable bonds is 7. The molecule has 1 amide bonds. The van der Waals surface area contributed by atoms with Crippen LogP contribution in [0.15, 0.2) is 78.4 Å². The number of halogens is 1. The van der Waals surface area contributed by atoms with Crippen molar-refractivity contribution in [1.82, 2.24) is 0 Å². The topological polar surface area (TPSA) is 71.3 Å². The fourth-order valence-electron chi connectivity index (χ4n) is 2.63. The first-order chi connectivity index (χ1) is 14.6. The Balaban J connectivity index is 1.62. The van der Waals surface area contributed by atoms with Gasteiger partial charge in [-0.05, 0) is 59.7 Å². The van der Waals surface area contributed by atoms with Gasteiger partial charge in [-0.15, -0.1) is 0 Å². The van der Waals surface area contributed by atoms with E-state index in [0.717, 1.165) is 11.3 Å². The summed E-state index contributed by atoms with van der Waals surface area (Å²) in [6.07, 6.45) is 1.52. The third kappa shape index (κ3) is 5.87. The van der Waals surface area contributed by atoms with Crippen molar-refractivity contribution >= 4 is 29.3 Å². The van der Waals surface area contributed by atoms with E-state index in [1.54, 1.807) is 55.6 Å². The molecular weight excluding hydrogens is 400 g/mol. The predicted octanol–water partition coefficient (Wildman–Crippen LogP) is 5.47. The van der Waals surface area contributed by atoms with Gasteiger partial charge in [-0.3, -0.25) is 4.79 Å². The summed E-state index contributed by atoms with van der Waals surface area (Å²) in [6, 6.07) is 23.5. The van der Waals surface area contributed by atoms with Crippen molar-refractivity contribution in [3.63, 3.8) is 0 Å². The zero-order valence-electron chi connectivity index (χ0n) is 16.3. The molecule has 6 heteroatoms.